The van der Waals surface area contributed by atoms with E-state index in [9.17, 15) is 0 Å². The van der Waals surface area contributed by atoms with E-state index in [2.05, 4.69) is 38.3 Å². The van der Waals surface area contributed by atoms with E-state index >= 15 is 0 Å². The maximum atomic E-state index is 5.76. The van der Waals surface area contributed by atoms with Gasteiger partial charge in [-0.3, -0.25) is 4.98 Å². The van der Waals surface area contributed by atoms with Crippen molar-refractivity contribution in [3.8, 4) is 28.4 Å². The molecule has 0 fully saturated rings. The highest BCUT2D eigenvalue weighted by Crippen LogP contribution is 2.37. The number of aryl methyl sites for hydroxylation is 1. The van der Waals surface area contributed by atoms with Crippen LogP contribution in [0, 0.1) is 6.92 Å². The van der Waals surface area contributed by atoms with E-state index in [4.69, 9.17) is 4.74 Å². The molecule has 24 heavy (non-hydrogen) atoms. The first kappa shape index (κ1) is 14.7. The number of nitrogens with one attached hydrogen (secondary N) is 1. The van der Waals surface area contributed by atoms with Crippen molar-refractivity contribution in [1.82, 2.24) is 20.4 Å². The second-order valence-electron chi connectivity index (χ2n) is 5.80. The fourth-order valence-corrected chi connectivity index (χ4v) is 3.03. The first-order valence-electron chi connectivity index (χ1n) is 8.13. The van der Waals surface area contributed by atoms with Crippen LogP contribution in [0.3, 0.4) is 0 Å². The van der Waals surface area contributed by atoms with Gasteiger partial charge in [-0.25, -0.2) is 0 Å². The van der Waals surface area contributed by atoms with E-state index in [1.54, 1.807) is 0 Å². The molecule has 0 bridgehead atoms. The number of aromatic nitrogens is 4. The fourth-order valence-electron chi connectivity index (χ4n) is 3.03. The Morgan fingerprint density at radius 2 is 2.04 bits per heavy atom. The first-order chi connectivity index (χ1) is 11.8. The lowest BCUT2D eigenvalue weighted by Gasteiger charge is -2.30. The summed E-state index contributed by atoms with van der Waals surface area (Å²) < 4.78 is 5.76. The Bertz CT molecular complexity index is 873. The molecule has 0 amide bonds. The van der Waals surface area contributed by atoms with Gasteiger partial charge in [0.2, 0.25) is 0 Å². The van der Waals surface area contributed by atoms with Crippen LogP contribution in [0.15, 0.2) is 36.4 Å². The van der Waals surface area contributed by atoms with Crippen LogP contribution in [0.2, 0.25) is 0 Å². The minimum absolute atomic E-state index is 0.725. The van der Waals surface area contributed by atoms with Crippen molar-refractivity contribution >= 4 is 5.69 Å². The van der Waals surface area contributed by atoms with Crippen LogP contribution in [-0.2, 0) is 0 Å². The van der Waals surface area contributed by atoms with E-state index in [1.807, 2.05) is 37.3 Å². The van der Waals surface area contributed by atoms with Gasteiger partial charge in [0.05, 0.1) is 17.9 Å². The second-order valence-corrected chi connectivity index (χ2v) is 5.80. The van der Waals surface area contributed by atoms with Gasteiger partial charge in [-0.05, 0) is 44.2 Å². The summed E-state index contributed by atoms with van der Waals surface area (Å²) in [5, 5.41) is 11.4. The van der Waals surface area contributed by atoms with Gasteiger partial charge in [0.15, 0.2) is 0 Å². The molecular weight excluding hydrogens is 302 g/mol. The molecule has 2 aromatic heterocycles. The van der Waals surface area contributed by atoms with E-state index in [-0.39, 0.29) is 0 Å². The molecule has 3 heterocycles. The van der Waals surface area contributed by atoms with E-state index in [0.717, 1.165) is 59.5 Å². The van der Waals surface area contributed by atoms with E-state index in [0.29, 0.717) is 0 Å². The maximum absolute atomic E-state index is 5.76. The van der Waals surface area contributed by atoms with Crippen LogP contribution < -0.4 is 9.64 Å². The highest BCUT2D eigenvalue weighted by atomic mass is 16.5. The van der Waals surface area contributed by atoms with Crippen molar-refractivity contribution in [2.75, 3.05) is 24.6 Å². The summed E-state index contributed by atoms with van der Waals surface area (Å²) in [5.41, 5.74) is 5.45. The zero-order chi connectivity index (χ0) is 16.5. The highest BCUT2D eigenvalue weighted by Gasteiger charge is 2.20. The lowest BCUT2D eigenvalue weighted by molar-refractivity contribution is 0.308. The Balaban J connectivity index is 1.80. The summed E-state index contributed by atoms with van der Waals surface area (Å²) in [6, 6.07) is 12.1. The van der Waals surface area contributed by atoms with Crippen LogP contribution in [0.4, 0.5) is 5.69 Å². The molecule has 1 aliphatic rings. The smallest absolute Gasteiger partial charge is 0.142 e. The van der Waals surface area contributed by atoms with Gasteiger partial charge in [-0.1, -0.05) is 6.07 Å². The molecule has 0 saturated carbocycles. The number of pyridine rings is 1. The molecule has 1 aliphatic heterocycles. The summed E-state index contributed by atoms with van der Waals surface area (Å²) in [6.45, 7) is 6.70. The Morgan fingerprint density at radius 1 is 1.17 bits per heavy atom. The van der Waals surface area contributed by atoms with Gasteiger partial charge >= 0.3 is 0 Å². The summed E-state index contributed by atoms with van der Waals surface area (Å²) in [6.07, 6.45) is 0. The molecule has 0 spiro atoms. The van der Waals surface area contributed by atoms with Crippen molar-refractivity contribution in [2.45, 2.75) is 13.8 Å². The zero-order valence-electron chi connectivity index (χ0n) is 13.8. The number of ether oxygens (including phenoxy) is 1. The average molecular weight is 321 g/mol. The molecule has 6 nitrogen and oxygen atoms in total. The first-order valence-corrected chi connectivity index (χ1v) is 8.13. The molecule has 0 saturated heterocycles. The molecule has 0 aliphatic carbocycles. The number of fused-ring (bicyclic) bond motifs is 1. The Labute approximate surface area is 140 Å². The van der Waals surface area contributed by atoms with Crippen molar-refractivity contribution in [2.24, 2.45) is 0 Å². The Hall–Kier alpha value is -2.89. The molecule has 0 atom stereocenters. The number of aromatic amines is 1. The Morgan fingerprint density at radius 3 is 2.88 bits per heavy atom. The lowest BCUT2D eigenvalue weighted by Crippen LogP contribution is -2.32. The third-order valence-electron chi connectivity index (χ3n) is 4.25. The number of hydrogen-bond donors (Lipinski definition) is 1. The highest BCUT2D eigenvalue weighted by molar-refractivity contribution is 5.79. The maximum Gasteiger partial charge on any atom is 0.142 e. The monoisotopic (exact) mass is 321 g/mol. The number of H-pyrrole nitrogens is 1. The number of nitrogens with zero attached hydrogens (tertiary/aromatic N) is 4. The summed E-state index contributed by atoms with van der Waals surface area (Å²) in [4.78, 5) is 6.88. The molecule has 122 valence electrons. The molecular formula is C18H19N5O. The van der Waals surface area contributed by atoms with Gasteiger partial charge in [0.25, 0.3) is 0 Å². The van der Waals surface area contributed by atoms with Gasteiger partial charge in [0, 0.05) is 17.8 Å². The quantitative estimate of drug-likeness (QED) is 0.803. The van der Waals surface area contributed by atoms with Crippen molar-refractivity contribution in [1.29, 1.82) is 0 Å². The minimum Gasteiger partial charge on any atom is -0.490 e. The molecule has 3 aromatic rings. The average Bonchev–Trinajstić information content (AvgIpc) is 3.10. The zero-order valence-corrected chi connectivity index (χ0v) is 13.8. The third-order valence-corrected chi connectivity index (χ3v) is 4.25. The van der Waals surface area contributed by atoms with Crippen molar-refractivity contribution in [3.05, 3.63) is 42.1 Å². The summed E-state index contributed by atoms with van der Waals surface area (Å²) in [7, 11) is 0. The fraction of sp³-hybridized carbons (Fsp3) is 0.278. The summed E-state index contributed by atoms with van der Waals surface area (Å²) >= 11 is 0. The molecule has 0 radical (unpaired) electrons. The molecule has 4 rings (SSSR count). The molecule has 0 unspecified atom stereocenters. The SMILES string of the molecule is CCN1CCOc2ccc(-c3n[nH]nc3-c3cccc(C)n3)cc21. The number of anilines is 1. The largest absolute Gasteiger partial charge is 0.490 e. The van der Waals surface area contributed by atoms with Crippen LogP contribution in [0.5, 0.6) is 5.75 Å². The van der Waals surface area contributed by atoms with E-state index in [1.165, 1.54) is 0 Å². The van der Waals surface area contributed by atoms with Crippen LogP contribution in [-0.4, -0.2) is 40.1 Å². The predicted molar refractivity (Wildman–Crippen MR) is 93.2 cm³/mol. The predicted octanol–water partition coefficient (Wildman–Crippen LogP) is 3.06. The van der Waals surface area contributed by atoms with Crippen LogP contribution >= 0.6 is 0 Å². The van der Waals surface area contributed by atoms with Gasteiger partial charge in [0.1, 0.15) is 23.7 Å². The second kappa shape index (κ2) is 5.96. The normalized spacial score (nSPS) is 13.5. The van der Waals surface area contributed by atoms with Gasteiger partial charge in [-0.2, -0.15) is 15.4 Å². The Kier molecular flexibility index (Phi) is 3.65. The molecule has 6 heteroatoms. The van der Waals surface area contributed by atoms with Crippen molar-refractivity contribution in [3.63, 3.8) is 0 Å². The lowest BCUT2D eigenvalue weighted by atomic mass is 10.1. The minimum atomic E-state index is 0.725. The topological polar surface area (TPSA) is 66.9 Å². The van der Waals surface area contributed by atoms with Gasteiger partial charge < -0.3 is 9.64 Å². The van der Waals surface area contributed by atoms with Crippen molar-refractivity contribution < 1.29 is 4.74 Å². The number of hydrogen-bond acceptors (Lipinski definition) is 5. The number of rotatable bonds is 3. The standard InChI is InChI=1S/C18H19N5O/c1-3-23-9-10-24-16-8-7-13(11-15(16)23)17-18(21-22-20-17)14-6-4-5-12(2)19-14/h4-8,11H,3,9-10H2,1-2H3,(H,20,21,22). The van der Waals surface area contributed by atoms with Crippen LogP contribution in [0.1, 0.15) is 12.6 Å². The van der Waals surface area contributed by atoms with E-state index < -0.39 is 0 Å². The van der Waals surface area contributed by atoms with Crippen LogP contribution in [0.25, 0.3) is 22.6 Å². The molecule has 1 aromatic carbocycles. The van der Waals surface area contributed by atoms with Gasteiger partial charge in [-0.15, -0.1) is 0 Å². The summed E-state index contributed by atoms with van der Waals surface area (Å²) in [5.74, 6) is 0.922. The number of benzene rings is 1. The molecule has 1 N–H and O–H groups in total. The third kappa shape index (κ3) is 2.50. The number of likely N-dealkylation sites (N-methyl/N-ethyl adjacent to an activating group) is 1.